The van der Waals surface area contributed by atoms with Crippen LogP contribution in [-0.4, -0.2) is 44.2 Å². The molecule has 7 nitrogen and oxygen atoms in total. The SMILES string of the molecule is CC(C)c1nc(Sc2n[nH]c(Cc3cccs3)n2)nc(N(C)C)n1. The summed E-state index contributed by atoms with van der Waals surface area (Å²) in [5, 5.41) is 10.5. The van der Waals surface area contributed by atoms with E-state index in [4.69, 9.17) is 0 Å². The van der Waals surface area contributed by atoms with Crippen LogP contribution in [0.4, 0.5) is 5.95 Å². The Balaban J connectivity index is 1.79. The van der Waals surface area contributed by atoms with Crippen LogP contribution in [0, 0.1) is 0 Å². The molecule has 0 aliphatic carbocycles. The van der Waals surface area contributed by atoms with Gasteiger partial charge in [0.05, 0.1) is 0 Å². The molecule has 0 aliphatic rings. The number of rotatable bonds is 6. The molecule has 0 saturated heterocycles. The zero-order chi connectivity index (χ0) is 17.1. The quantitative estimate of drug-likeness (QED) is 0.722. The van der Waals surface area contributed by atoms with E-state index >= 15 is 0 Å². The van der Waals surface area contributed by atoms with Crippen molar-refractivity contribution in [3.63, 3.8) is 0 Å². The molecule has 0 aliphatic heterocycles. The van der Waals surface area contributed by atoms with Crippen LogP contribution in [0.15, 0.2) is 27.8 Å². The Hall–Kier alpha value is -2.00. The average molecular weight is 362 g/mol. The second-order valence-corrected chi connectivity index (χ2v) is 7.71. The minimum atomic E-state index is 0.229. The monoisotopic (exact) mass is 361 g/mol. The number of hydrogen-bond donors (Lipinski definition) is 1. The lowest BCUT2D eigenvalue weighted by Crippen LogP contribution is -2.15. The Kier molecular flexibility index (Phi) is 5.10. The molecular weight excluding hydrogens is 342 g/mol. The summed E-state index contributed by atoms with van der Waals surface area (Å²) in [6.45, 7) is 4.13. The van der Waals surface area contributed by atoms with Crippen molar-refractivity contribution in [1.29, 1.82) is 0 Å². The lowest BCUT2D eigenvalue weighted by molar-refractivity contribution is 0.715. The maximum absolute atomic E-state index is 4.52. The molecule has 0 fully saturated rings. The van der Waals surface area contributed by atoms with Gasteiger partial charge in [-0.3, -0.25) is 5.10 Å². The molecule has 0 aromatic carbocycles. The molecule has 0 saturated carbocycles. The van der Waals surface area contributed by atoms with Gasteiger partial charge in [-0.2, -0.15) is 9.97 Å². The molecule has 3 aromatic rings. The van der Waals surface area contributed by atoms with Gasteiger partial charge >= 0.3 is 0 Å². The molecule has 0 unspecified atom stereocenters. The highest BCUT2D eigenvalue weighted by Crippen LogP contribution is 2.24. The summed E-state index contributed by atoms with van der Waals surface area (Å²) in [5.41, 5.74) is 0. The fourth-order valence-corrected chi connectivity index (χ4v) is 3.31. The van der Waals surface area contributed by atoms with Crippen molar-refractivity contribution in [2.75, 3.05) is 19.0 Å². The van der Waals surface area contributed by atoms with E-state index in [-0.39, 0.29) is 5.92 Å². The molecule has 0 radical (unpaired) electrons. The molecular formula is C15H19N7S2. The van der Waals surface area contributed by atoms with Crippen LogP contribution in [0.3, 0.4) is 0 Å². The molecule has 0 atom stereocenters. The predicted molar refractivity (Wildman–Crippen MR) is 95.9 cm³/mol. The van der Waals surface area contributed by atoms with Gasteiger partial charge in [0.1, 0.15) is 11.6 Å². The van der Waals surface area contributed by atoms with Crippen LogP contribution in [0.1, 0.15) is 36.3 Å². The summed E-state index contributed by atoms with van der Waals surface area (Å²) < 4.78 is 0. The molecule has 0 amide bonds. The number of aromatic nitrogens is 6. The number of hydrogen-bond acceptors (Lipinski definition) is 8. The molecule has 0 spiro atoms. The maximum Gasteiger partial charge on any atom is 0.229 e. The second kappa shape index (κ2) is 7.27. The molecule has 1 N–H and O–H groups in total. The Morgan fingerprint density at radius 1 is 1.17 bits per heavy atom. The van der Waals surface area contributed by atoms with Crippen molar-refractivity contribution in [1.82, 2.24) is 30.1 Å². The molecule has 126 valence electrons. The van der Waals surface area contributed by atoms with Crippen molar-refractivity contribution in [3.8, 4) is 0 Å². The van der Waals surface area contributed by atoms with Crippen molar-refractivity contribution < 1.29 is 0 Å². The third-order valence-electron chi connectivity index (χ3n) is 3.15. The molecule has 3 rings (SSSR count). The van der Waals surface area contributed by atoms with Crippen LogP contribution in [0.5, 0.6) is 0 Å². The van der Waals surface area contributed by atoms with E-state index in [1.165, 1.54) is 16.6 Å². The standard InChI is InChI=1S/C15H19N7S2/c1-9(2)12-17-13(22(3)4)19-14(18-12)24-15-16-11(20-21-15)8-10-6-5-7-23-10/h5-7,9H,8H2,1-4H3,(H,16,20,21). The summed E-state index contributed by atoms with van der Waals surface area (Å²) in [6, 6.07) is 4.12. The van der Waals surface area contributed by atoms with Gasteiger partial charge in [0, 0.05) is 31.3 Å². The first-order valence-corrected chi connectivity index (χ1v) is 9.25. The van der Waals surface area contributed by atoms with Gasteiger partial charge in [-0.1, -0.05) is 19.9 Å². The van der Waals surface area contributed by atoms with E-state index in [2.05, 4.69) is 55.4 Å². The van der Waals surface area contributed by atoms with E-state index in [1.54, 1.807) is 11.3 Å². The molecule has 0 bridgehead atoms. The van der Waals surface area contributed by atoms with Crippen molar-refractivity contribution in [2.45, 2.75) is 36.5 Å². The molecule has 24 heavy (non-hydrogen) atoms. The van der Waals surface area contributed by atoms with Gasteiger partial charge in [-0.25, -0.2) is 9.97 Å². The average Bonchev–Trinajstić information content (AvgIpc) is 3.19. The van der Waals surface area contributed by atoms with Gasteiger partial charge in [-0.05, 0) is 23.2 Å². The fraction of sp³-hybridized carbons (Fsp3) is 0.400. The van der Waals surface area contributed by atoms with E-state index < -0.39 is 0 Å². The Labute approximate surface area is 149 Å². The number of anilines is 1. The zero-order valence-electron chi connectivity index (χ0n) is 14.0. The first kappa shape index (κ1) is 16.8. The highest BCUT2D eigenvalue weighted by molar-refractivity contribution is 7.99. The van der Waals surface area contributed by atoms with Crippen molar-refractivity contribution >= 4 is 29.0 Å². The lowest BCUT2D eigenvalue weighted by atomic mass is 10.2. The number of aromatic amines is 1. The van der Waals surface area contributed by atoms with Crippen LogP contribution in [0.25, 0.3) is 0 Å². The smallest absolute Gasteiger partial charge is 0.229 e. The van der Waals surface area contributed by atoms with E-state index in [1.807, 2.05) is 25.1 Å². The number of nitrogens with one attached hydrogen (secondary N) is 1. The minimum absolute atomic E-state index is 0.229. The van der Waals surface area contributed by atoms with Crippen LogP contribution in [0.2, 0.25) is 0 Å². The Bertz CT molecular complexity index is 770. The maximum atomic E-state index is 4.52. The van der Waals surface area contributed by atoms with Gasteiger partial charge in [0.25, 0.3) is 0 Å². The Morgan fingerprint density at radius 3 is 2.67 bits per heavy atom. The molecule has 3 heterocycles. The third-order valence-corrected chi connectivity index (χ3v) is 4.76. The summed E-state index contributed by atoms with van der Waals surface area (Å²) >= 11 is 3.05. The summed E-state index contributed by atoms with van der Waals surface area (Å²) in [5.74, 6) is 2.48. The highest BCUT2D eigenvalue weighted by Gasteiger charge is 2.14. The van der Waals surface area contributed by atoms with E-state index in [9.17, 15) is 0 Å². The van der Waals surface area contributed by atoms with Crippen molar-refractivity contribution in [3.05, 3.63) is 34.0 Å². The van der Waals surface area contributed by atoms with E-state index in [0.29, 0.717) is 16.3 Å². The largest absolute Gasteiger partial charge is 0.347 e. The highest BCUT2D eigenvalue weighted by atomic mass is 32.2. The third kappa shape index (κ3) is 4.09. The normalized spacial score (nSPS) is 11.2. The van der Waals surface area contributed by atoms with Gasteiger partial charge < -0.3 is 4.90 Å². The lowest BCUT2D eigenvalue weighted by Gasteiger charge is -2.13. The second-order valence-electron chi connectivity index (χ2n) is 5.75. The first-order chi connectivity index (χ1) is 11.5. The van der Waals surface area contributed by atoms with Gasteiger partial charge in [0.2, 0.25) is 16.3 Å². The van der Waals surface area contributed by atoms with Crippen LogP contribution >= 0.6 is 23.1 Å². The molecule has 9 heteroatoms. The van der Waals surface area contributed by atoms with Crippen LogP contribution < -0.4 is 4.90 Å². The zero-order valence-corrected chi connectivity index (χ0v) is 15.6. The summed E-state index contributed by atoms with van der Waals surface area (Å²) in [4.78, 5) is 21.1. The van der Waals surface area contributed by atoms with E-state index in [0.717, 1.165) is 18.1 Å². The number of thiophene rings is 1. The number of H-pyrrole nitrogens is 1. The molecule has 3 aromatic heterocycles. The van der Waals surface area contributed by atoms with Crippen molar-refractivity contribution in [2.24, 2.45) is 0 Å². The Morgan fingerprint density at radius 2 is 2.00 bits per heavy atom. The minimum Gasteiger partial charge on any atom is -0.347 e. The topological polar surface area (TPSA) is 83.5 Å². The van der Waals surface area contributed by atoms with Gasteiger partial charge in [0.15, 0.2) is 0 Å². The predicted octanol–water partition coefficient (Wildman–Crippen LogP) is 2.98. The fourth-order valence-electron chi connectivity index (χ4n) is 1.93. The first-order valence-electron chi connectivity index (χ1n) is 7.56. The summed E-state index contributed by atoms with van der Waals surface area (Å²) in [7, 11) is 3.83. The number of nitrogens with zero attached hydrogens (tertiary/aromatic N) is 6. The summed E-state index contributed by atoms with van der Waals surface area (Å²) in [6.07, 6.45) is 0.753. The van der Waals surface area contributed by atoms with Crippen LogP contribution in [-0.2, 0) is 6.42 Å². The van der Waals surface area contributed by atoms with Gasteiger partial charge in [-0.15, -0.1) is 16.4 Å².